The van der Waals surface area contributed by atoms with E-state index in [2.05, 4.69) is 9.97 Å². The predicted octanol–water partition coefficient (Wildman–Crippen LogP) is 8.38. The number of amides is 4. The van der Waals surface area contributed by atoms with Crippen LogP contribution in [0.4, 0.5) is 53.9 Å². The van der Waals surface area contributed by atoms with Crippen molar-refractivity contribution in [3.05, 3.63) is 100 Å². The molecule has 1 aromatic carbocycles. The zero-order valence-corrected chi connectivity index (χ0v) is 45.1. The van der Waals surface area contributed by atoms with E-state index in [9.17, 15) is 60.8 Å². The van der Waals surface area contributed by atoms with Crippen LogP contribution in [0, 0.1) is 28.6 Å². The molecule has 0 bridgehead atoms. The molecule has 4 amide bonds. The van der Waals surface area contributed by atoms with Crippen LogP contribution in [0.2, 0.25) is 0 Å². The molecule has 4 aliphatic heterocycles. The van der Waals surface area contributed by atoms with Crippen LogP contribution in [-0.2, 0) is 38.0 Å². The third-order valence-corrected chi connectivity index (χ3v) is 17.2. The maximum Gasteiger partial charge on any atom is 0.419 e. The van der Waals surface area contributed by atoms with Gasteiger partial charge in [0, 0.05) is 68.4 Å². The van der Waals surface area contributed by atoms with Crippen molar-refractivity contribution in [2.45, 2.75) is 120 Å². The van der Waals surface area contributed by atoms with E-state index >= 15 is 0 Å². The number of pyridine rings is 3. The molecule has 2 saturated carbocycles. The normalized spacial score (nSPS) is 19.3. The number of hydrogen-bond acceptors (Lipinski definition) is 13. The lowest BCUT2D eigenvalue weighted by molar-refractivity contribution is -0.138. The first-order chi connectivity index (χ1) is 38.4. The molecular formula is C54H49F6N13O6S2. The summed E-state index contributed by atoms with van der Waals surface area (Å²) in [7, 11) is 0. The first kappa shape index (κ1) is 54.9. The van der Waals surface area contributed by atoms with Crippen molar-refractivity contribution in [3.8, 4) is 12.1 Å². The van der Waals surface area contributed by atoms with Gasteiger partial charge in [-0.1, -0.05) is 0 Å². The zero-order chi connectivity index (χ0) is 57.7. The van der Waals surface area contributed by atoms with Crippen molar-refractivity contribution in [2.24, 2.45) is 5.92 Å². The number of ether oxygens (including phenoxy) is 1. The number of aromatic nitrogens is 5. The van der Waals surface area contributed by atoms with Gasteiger partial charge in [0.15, 0.2) is 21.6 Å². The molecule has 0 N–H and O–H groups in total. The topological polar surface area (TPSA) is 210 Å². The van der Waals surface area contributed by atoms with E-state index in [1.165, 1.54) is 33.7 Å². The standard InChI is InChI=1S/C54H49F6N13O6S2/c1-50(2,79-49(78)68-28-31(29-68)27-67-30-35(6-8-43(67)74)72-48(81)70(46(77)52(72)14-4-15-52)37-21-39(54(58,59)60)41(23-62)64-26-37)16-9-44(75)66-17-10-33(11-18-66)73-42-7-5-34(19-32(42)24-65-73)71-47(80)69(45(76)51(71)12-3-13-51)36-20-38(53(55,56)57)40(22-61)63-25-36/h5-8,19-21,24-26,30-31,33H,3-4,9-18,27-29H2,1-2H3. The average Bonchev–Trinajstić information content (AvgIpc) is 4.22. The van der Waals surface area contributed by atoms with Crippen LogP contribution in [0.3, 0.4) is 0 Å². The number of alkyl halides is 6. The van der Waals surface area contributed by atoms with E-state index in [1.807, 2.05) is 16.8 Å². The number of thiocarbonyl (C=S) groups is 2. The molecule has 420 valence electrons. The van der Waals surface area contributed by atoms with Crippen molar-refractivity contribution in [3.63, 3.8) is 0 Å². The first-order valence-electron chi connectivity index (χ1n) is 26.1. The number of benzene rings is 1. The van der Waals surface area contributed by atoms with Crippen molar-refractivity contribution in [1.29, 1.82) is 10.5 Å². The SMILES string of the molecule is CC(C)(CCC(=O)N1CCC(n2ncc3cc(N4C(=S)N(c5cnc(C#N)c(C(F)(F)F)c5)C(=O)C45CCC5)ccc32)CC1)OC(=O)N1CC(Cn2cc(N3C(=S)N(c4cnc(C#N)c(C(F)(F)F)c4)C(=O)C34CCC4)ccc2=O)C1. The number of carbonyl (C=O) groups is 4. The van der Waals surface area contributed by atoms with Crippen LogP contribution in [0.15, 0.2) is 72.0 Å². The number of nitriles is 2. The summed E-state index contributed by atoms with van der Waals surface area (Å²) in [5.74, 6) is -1.26. The number of piperidine rings is 1. The molecule has 6 fully saturated rings. The number of rotatable bonds is 11. The van der Waals surface area contributed by atoms with Crippen LogP contribution in [0.5, 0.6) is 0 Å². The van der Waals surface area contributed by atoms with Crippen molar-refractivity contribution in [2.75, 3.05) is 45.8 Å². The second-order valence-corrected chi connectivity index (χ2v) is 22.6. The fourth-order valence-electron chi connectivity index (χ4n) is 11.8. The van der Waals surface area contributed by atoms with Gasteiger partial charge in [0.2, 0.25) is 5.91 Å². The van der Waals surface area contributed by atoms with Crippen molar-refractivity contribution in [1.82, 2.24) is 34.1 Å². The van der Waals surface area contributed by atoms with Gasteiger partial charge in [0.1, 0.15) is 28.8 Å². The molecule has 5 aromatic rings. The van der Waals surface area contributed by atoms with E-state index < -0.39 is 69.5 Å². The summed E-state index contributed by atoms with van der Waals surface area (Å²) in [5.41, 5.74) is -6.53. The van der Waals surface area contributed by atoms with Crippen LogP contribution in [0.1, 0.15) is 107 Å². The Hall–Kier alpha value is -8.04. The number of likely N-dealkylation sites (tertiary alicyclic amines) is 2. The minimum absolute atomic E-state index is 0.00292. The molecule has 2 spiro atoms. The van der Waals surface area contributed by atoms with Gasteiger partial charge >= 0.3 is 18.4 Å². The van der Waals surface area contributed by atoms with E-state index in [1.54, 1.807) is 47.0 Å². The van der Waals surface area contributed by atoms with Crippen LogP contribution >= 0.6 is 24.4 Å². The van der Waals surface area contributed by atoms with E-state index in [0.717, 1.165) is 39.2 Å². The van der Waals surface area contributed by atoms with Gasteiger partial charge in [0.05, 0.1) is 58.3 Å². The minimum atomic E-state index is -4.92. The monoisotopic (exact) mass is 1150 g/mol. The molecule has 2 aliphatic carbocycles. The lowest BCUT2D eigenvalue weighted by atomic mass is 9.75. The third-order valence-electron chi connectivity index (χ3n) is 16.5. The summed E-state index contributed by atoms with van der Waals surface area (Å²) < 4.78 is 92.6. The molecule has 19 nitrogen and oxygen atoms in total. The molecule has 0 atom stereocenters. The first-order valence-corrected chi connectivity index (χ1v) is 27.0. The number of hydrogen-bond donors (Lipinski definition) is 0. The van der Waals surface area contributed by atoms with Gasteiger partial charge in [0.25, 0.3) is 17.4 Å². The lowest BCUT2D eigenvalue weighted by Crippen LogP contribution is -2.55. The summed E-state index contributed by atoms with van der Waals surface area (Å²) >= 11 is 11.5. The molecule has 8 heterocycles. The summed E-state index contributed by atoms with van der Waals surface area (Å²) in [6.07, 6.45) is -0.565. The van der Waals surface area contributed by atoms with Gasteiger partial charge in [-0.2, -0.15) is 42.0 Å². The Morgan fingerprint density at radius 3 is 1.77 bits per heavy atom. The highest BCUT2D eigenvalue weighted by Crippen LogP contribution is 2.50. The fraction of sp³-hybridized carbons (Fsp3) is 0.444. The Morgan fingerprint density at radius 2 is 1.26 bits per heavy atom. The molecule has 11 rings (SSSR count). The predicted molar refractivity (Wildman–Crippen MR) is 286 cm³/mol. The average molecular weight is 1150 g/mol. The van der Waals surface area contributed by atoms with Gasteiger partial charge in [-0.25, -0.2) is 14.8 Å². The maximum atomic E-state index is 14.0. The quantitative estimate of drug-likeness (QED) is 0.0898. The molecule has 6 aliphatic rings. The number of carbonyl (C=O) groups excluding carboxylic acids is 4. The van der Waals surface area contributed by atoms with Gasteiger partial charge in [-0.3, -0.25) is 33.7 Å². The molecule has 4 saturated heterocycles. The summed E-state index contributed by atoms with van der Waals surface area (Å²) in [6.45, 7) is 5.10. The maximum absolute atomic E-state index is 14.0. The van der Waals surface area contributed by atoms with Gasteiger partial charge in [-0.15, -0.1) is 0 Å². The molecule has 4 aromatic heterocycles. The molecule has 0 unspecified atom stereocenters. The van der Waals surface area contributed by atoms with Crippen LogP contribution in [0.25, 0.3) is 10.9 Å². The number of fused-ring (bicyclic) bond motifs is 1. The third kappa shape index (κ3) is 9.36. The van der Waals surface area contributed by atoms with Gasteiger partial charge in [-0.05, 0) is 132 Å². The Bertz CT molecular complexity index is 3640. The summed E-state index contributed by atoms with van der Waals surface area (Å²) in [6, 6.07) is 12.6. The second-order valence-electron chi connectivity index (χ2n) is 21.9. The zero-order valence-electron chi connectivity index (χ0n) is 43.5. The highest BCUT2D eigenvalue weighted by Gasteiger charge is 2.61. The smallest absolute Gasteiger partial charge is 0.419 e. The molecule has 81 heavy (non-hydrogen) atoms. The molecule has 0 radical (unpaired) electrons. The molecule has 27 heteroatoms. The van der Waals surface area contributed by atoms with E-state index in [-0.39, 0.29) is 77.5 Å². The Kier molecular flexibility index (Phi) is 13.5. The highest BCUT2D eigenvalue weighted by atomic mass is 32.1. The number of anilines is 4. The largest absolute Gasteiger partial charge is 0.443 e. The van der Waals surface area contributed by atoms with Gasteiger partial charge < -0.3 is 28.9 Å². The van der Waals surface area contributed by atoms with E-state index in [0.29, 0.717) is 81.9 Å². The number of halogens is 6. The fourth-order valence-corrected chi connectivity index (χ4v) is 12.8. The molecular weight excluding hydrogens is 1100 g/mol. The van der Waals surface area contributed by atoms with Crippen molar-refractivity contribution >= 4 is 92.1 Å². The van der Waals surface area contributed by atoms with Crippen LogP contribution < -0.4 is 25.2 Å². The lowest BCUT2D eigenvalue weighted by Gasteiger charge is -2.43. The van der Waals surface area contributed by atoms with Crippen molar-refractivity contribution < 1.29 is 50.3 Å². The second kappa shape index (κ2) is 19.9. The summed E-state index contributed by atoms with van der Waals surface area (Å²) in [4.78, 5) is 84.2. The highest BCUT2D eigenvalue weighted by molar-refractivity contribution is 7.81. The Morgan fingerprint density at radius 1 is 0.728 bits per heavy atom. The van der Waals surface area contributed by atoms with Crippen LogP contribution in [-0.4, -0.2) is 111 Å². The minimum Gasteiger partial charge on any atom is -0.443 e. The van der Waals surface area contributed by atoms with E-state index in [4.69, 9.17) is 34.3 Å². The Labute approximate surface area is 468 Å². The Balaban J connectivity index is 0.668. The number of nitrogens with zero attached hydrogens (tertiary/aromatic N) is 13. The summed E-state index contributed by atoms with van der Waals surface area (Å²) in [5, 5.41) is 23.9.